The van der Waals surface area contributed by atoms with Crippen LogP contribution in [0.4, 0.5) is 11.6 Å². The van der Waals surface area contributed by atoms with Crippen LogP contribution in [-0.2, 0) is 0 Å². The molecule has 0 unspecified atom stereocenters. The van der Waals surface area contributed by atoms with Crippen molar-refractivity contribution in [3.63, 3.8) is 0 Å². The highest BCUT2D eigenvalue weighted by Gasteiger charge is 2.10. The van der Waals surface area contributed by atoms with E-state index in [4.69, 9.17) is 0 Å². The van der Waals surface area contributed by atoms with Gasteiger partial charge < -0.3 is 10.2 Å². The summed E-state index contributed by atoms with van der Waals surface area (Å²) in [6.07, 6.45) is 2.12. The molecule has 1 heterocycles. The van der Waals surface area contributed by atoms with Crippen LogP contribution in [-0.4, -0.2) is 42.1 Å². The minimum atomic E-state index is 0.344. The fourth-order valence-corrected chi connectivity index (χ4v) is 1.98. The van der Waals surface area contributed by atoms with E-state index < -0.39 is 0 Å². The van der Waals surface area contributed by atoms with Gasteiger partial charge in [0.15, 0.2) is 0 Å². The van der Waals surface area contributed by atoms with Gasteiger partial charge in [0.1, 0.15) is 17.5 Å². The Bertz CT molecular complexity index is 368. The lowest BCUT2D eigenvalue weighted by Gasteiger charge is -2.20. The molecule has 0 aliphatic heterocycles. The molecule has 0 aromatic carbocycles. The van der Waals surface area contributed by atoms with Gasteiger partial charge in [-0.3, -0.25) is 0 Å². The molecule has 1 N–H and O–H groups in total. The van der Waals surface area contributed by atoms with Crippen LogP contribution in [0.25, 0.3) is 0 Å². The zero-order valence-corrected chi connectivity index (χ0v) is 12.8. The van der Waals surface area contributed by atoms with Crippen molar-refractivity contribution in [1.29, 1.82) is 0 Å². The molecule has 0 atom stereocenters. The lowest BCUT2D eigenvalue weighted by molar-refractivity contribution is 0.766. The van der Waals surface area contributed by atoms with E-state index in [1.807, 2.05) is 17.8 Å². The van der Waals surface area contributed by atoms with Crippen LogP contribution in [0.3, 0.4) is 0 Å². The van der Waals surface area contributed by atoms with Gasteiger partial charge in [0.05, 0.1) is 0 Å². The van der Waals surface area contributed by atoms with Gasteiger partial charge in [-0.25, -0.2) is 9.97 Å². The number of hydrogen-bond acceptors (Lipinski definition) is 5. The van der Waals surface area contributed by atoms with Crippen LogP contribution in [0.15, 0.2) is 6.07 Å². The fraction of sp³-hybridized carbons (Fsp3) is 0.692. The topological polar surface area (TPSA) is 41.0 Å². The summed E-state index contributed by atoms with van der Waals surface area (Å²) in [5.41, 5.74) is 0. The zero-order chi connectivity index (χ0) is 13.5. The van der Waals surface area contributed by atoms with Gasteiger partial charge in [-0.15, -0.1) is 0 Å². The van der Waals surface area contributed by atoms with Crippen LogP contribution in [0, 0.1) is 0 Å². The Morgan fingerprint density at radius 2 is 2.11 bits per heavy atom. The van der Waals surface area contributed by atoms with E-state index in [-0.39, 0.29) is 0 Å². The molecule has 0 amide bonds. The molecule has 1 rings (SSSR count). The molecule has 18 heavy (non-hydrogen) atoms. The molecule has 0 bridgehead atoms. The lowest BCUT2D eigenvalue weighted by Crippen LogP contribution is -2.22. The Hall–Kier alpha value is -0.970. The number of nitrogens with one attached hydrogen (secondary N) is 1. The standard InChI is InChI=1S/C13H24N4S/c1-6-14-11-9-12(17(4)7-8-18-5)16-13(15-11)10(2)3/h9-10H,6-8H2,1-5H3,(H,14,15,16). The normalized spacial score (nSPS) is 10.8. The molecule has 0 saturated carbocycles. The minimum Gasteiger partial charge on any atom is -0.370 e. The van der Waals surface area contributed by atoms with E-state index in [0.29, 0.717) is 5.92 Å². The third kappa shape index (κ3) is 4.37. The second-order valence-electron chi connectivity index (χ2n) is 4.57. The van der Waals surface area contributed by atoms with Crippen molar-refractivity contribution >= 4 is 23.4 Å². The predicted octanol–water partition coefficient (Wildman–Crippen LogP) is 2.83. The summed E-state index contributed by atoms with van der Waals surface area (Å²) in [5.74, 6) is 4.27. The molecular weight excluding hydrogens is 244 g/mol. The van der Waals surface area contributed by atoms with Crippen molar-refractivity contribution in [2.24, 2.45) is 0 Å². The Morgan fingerprint density at radius 1 is 1.39 bits per heavy atom. The summed E-state index contributed by atoms with van der Waals surface area (Å²) in [6, 6.07) is 2.02. The maximum absolute atomic E-state index is 4.63. The summed E-state index contributed by atoms with van der Waals surface area (Å²) >= 11 is 1.85. The fourth-order valence-electron chi connectivity index (χ4n) is 1.52. The molecule has 1 aromatic heterocycles. The van der Waals surface area contributed by atoms with E-state index in [1.165, 1.54) is 0 Å². The molecule has 4 nitrogen and oxygen atoms in total. The molecule has 0 fully saturated rings. The number of thioether (sulfide) groups is 1. The van der Waals surface area contributed by atoms with E-state index in [9.17, 15) is 0 Å². The van der Waals surface area contributed by atoms with Crippen molar-refractivity contribution in [3.8, 4) is 0 Å². The van der Waals surface area contributed by atoms with Crippen molar-refractivity contribution in [2.45, 2.75) is 26.7 Å². The molecule has 0 aliphatic rings. The SMILES string of the molecule is CCNc1cc(N(C)CCSC)nc(C(C)C)n1. The Labute approximate surface area is 115 Å². The Kier molecular flexibility index (Phi) is 6.25. The summed E-state index contributed by atoms with van der Waals surface area (Å²) in [7, 11) is 2.08. The van der Waals surface area contributed by atoms with Crippen LogP contribution in [0.5, 0.6) is 0 Å². The maximum atomic E-state index is 4.63. The largest absolute Gasteiger partial charge is 0.370 e. The number of aromatic nitrogens is 2. The van der Waals surface area contributed by atoms with Gasteiger partial charge in [-0.1, -0.05) is 13.8 Å². The summed E-state index contributed by atoms with van der Waals surface area (Å²) in [4.78, 5) is 11.4. The first-order valence-electron chi connectivity index (χ1n) is 6.41. The molecular formula is C13H24N4S. The molecule has 0 radical (unpaired) electrons. The van der Waals surface area contributed by atoms with E-state index in [1.54, 1.807) is 0 Å². The number of hydrogen-bond donors (Lipinski definition) is 1. The summed E-state index contributed by atoms with van der Waals surface area (Å²) < 4.78 is 0. The molecule has 5 heteroatoms. The molecule has 0 spiro atoms. The van der Waals surface area contributed by atoms with Gasteiger partial charge >= 0.3 is 0 Å². The highest BCUT2D eigenvalue weighted by Crippen LogP contribution is 2.19. The zero-order valence-electron chi connectivity index (χ0n) is 12.0. The van der Waals surface area contributed by atoms with Crippen molar-refractivity contribution < 1.29 is 0 Å². The quantitative estimate of drug-likeness (QED) is 0.823. The summed E-state index contributed by atoms with van der Waals surface area (Å²) in [5, 5.41) is 3.27. The smallest absolute Gasteiger partial charge is 0.135 e. The molecule has 0 saturated heterocycles. The van der Waals surface area contributed by atoms with E-state index in [0.717, 1.165) is 36.3 Å². The summed E-state index contributed by atoms with van der Waals surface area (Å²) in [6.45, 7) is 8.20. The van der Waals surface area contributed by atoms with Crippen molar-refractivity contribution in [2.75, 3.05) is 42.4 Å². The van der Waals surface area contributed by atoms with Gasteiger partial charge in [-0.2, -0.15) is 11.8 Å². The molecule has 0 aliphatic carbocycles. The van der Waals surface area contributed by atoms with Crippen LogP contribution in [0.1, 0.15) is 32.5 Å². The average Bonchev–Trinajstić information content (AvgIpc) is 2.35. The first-order valence-corrected chi connectivity index (χ1v) is 7.80. The third-order valence-corrected chi connectivity index (χ3v) is 3.22. The van der Waals surface area contributed by atoms with Gasteiger partial charge in [0, 0.05) is 37.9 Å². The first-order chi connectivity index (χ1) is 8.58. The maximum Gasteiger partial charge on any atom is 0.135 e. The van der Waals surface area contributed by atoms with Crippen LogP contribution < -0.4 is 10.2 Å². The second kappa shape index (κ2) is 7.46. The second-order valence-corrected chi connectivity index (χ2v) is 5.55. The average molecular weight is 268 g/mol. The predicted molar refractivity (Wildman–Crippen MR) is 81.9 cm³/mol. The van der Waals surface area contributed by atoms with Gasteiger partial charge in [0.2, 0.25) is 0 Å². The highest BCUT2D eigenvalue weighted by molar-refractivity contribution is 7.98. The van der Waals surface area contributed by atoms with Gasteiger partial charge in [0.25, 0.3) is 0 Å². The molecule has 102 valence electrons. The highest BCUT2D eigenvalue weighted by atomic mass is 32.2. The van der Waals surface area contributed by atoms with Crippen molar-refractivity contribution in [1.82, 2.24) is 9.97 Å². The first kappa shape index (κ1) is 15.1. The minimum absolute atomic E-state index is 0.344. The van der Waals surface area contributed by atoms with Crippen molar-refractivity contribution in [3.05, 3.63) is 11.9 Å². The monoisotopic (exact) mass is 268 g/mol. The Morgan fingerprint density at radius 3 is 2.67 bits per heavy atom. The van der Waals surface area contributed by atoms with E-state index >= 15 is 0 Å². The van der Waals surface area contributed by atoms with Gasteiger partial charge in [-0.05, 0) is 13.2 Å². The molecule has 1 aromatic rings. The Balaban J connectivity index is 2.94. The third-order valence-electron chi connectivity index (χ3n) is 2.63. The number of nitrogens with zero attached hydrogens (tertiary/aromatic N) is 3. The van der Waals surface area contributed by atoms with Crippen LogP contribution in [0.2, 0.25) is 0 Å². The number of anilines is 2. The lowest BCUT2D eigenvalue weighted by atomic mass is 10.2. The number of rotatable bonds is 7. The van der Waals surface area contributed by atoms with Crippen LogP contribution >= 0.6 is 11.8 Å². The van der Waals surface area contributed by atoms with E-state index in [2.05, 4.69) is 54.3 Å².